The van der Waals surface area contributed by atoms with E-state index in [1.165, 1.54) is 33.1 Å². The number of ketones is 1. The molecule has 0 aliphatic heterocycles. The summed E-state index contributed by atoms with van der Waals surface area (Å²) >= 11 is 0. The number of hydrogen-bond acceptors (Lipinski definition) is 4. The molecule has 1 aromatic carbocycles. The molecule has 5 nitrogen and oxygen atoms in total. The highest BCUT2D eigenvalue weighted by molar-refractivity contribution is 5.97. The molecule has 0 radical (unpaired) electrons. The van der Waals surface area contributed by atoms with Crippen LogP contribution in [0.4, 0.5) is 4.39 Å². The van der Waals surface area contributed by atoms with E-state index in [9.17, 15) is 14.0 Å². The highest BCUT2D eigenvalue weighted by Crippen LogP contribution is 2.21. The number of hydrogen-bond donors (Lipinski definition) is 1. The molecule has 0 spiro atoms. The molecule has 1 amide bonds. The Morgan fingerprint density at radius 2 is 2.10 bits per heavy atom. The zero-order valence-corrected chi connectivity index (χ0v) is 11.7. The zero-order valence-electron chi connectivity index (χ0n) is 11.7. The van der Waals surface area contributed by atoms with E-state index in [1.54, 1.807) is 0 Å². The minimum Gasteiger partial charge on any atom is -0.480 e. The SMILES string of the molecule is COCCNC(=O)C(C)Oc1cc(F)ccc1C(C)=O. The van der Waals surface area contributed by atoms with Crippen LogP contribution in [0.15, 0.2) is 18.2 Å². The minimum atomic E-state index is -0.841. The van der Waals surface area contributed by atoms with Gasteiger partial charge in [-0.3, -0.25) is 9.59 Å². The van der Waals surface area contributed by atoms with E-state index in [4.69, 9.17) is 9.47 Å². The van der Waals surface area contributed by atoms with Crippen LogP contribution in [0.1, 0.15) is 24.2 Å². The lowest BCUT2D eigenvalue weighted by Crippen LogP contribution is -2.38. The fraction of sp³-hybridized carbons (Fsp3) is 0.429. The molecule has 0 aliphatic rings. The number of nitrogens with one attached hydrogen (secondary N) is 1. The van der Waals surface area contributed by atoms with Gasteiger partial charge in [0.15, 0.2) is 11.9 Å². The third-order valence-electron chi connectivity index (χ3n) is 2.60. The molecule has 110 valence electrons. The Hall–Kier alpha value is -1.95. The number of amides is 1. The van der Waals surface area contributed by atoms with Gasteiger partial charge in [0.1, 0.15) is 11.6 Å². The van der Waals surface area contributed by atoms with Crippen LogP contribution in [0, 0.1) is 5.82 Å². The first-order valence-electron chi connectivity index (χ1n) is 6.19. The minimum absolute atomic E-state index is 0.0619. The molecule has 0 saturated carbocycles. The van der Waals surface area contributed by atoms with Crippen molar-refractivity contribution in [3.05, 3.63) is 29.6 Å². The number of ether oxygens (including phenoxy) is 2. The first-order chi connectivity index (χ1) is 9.45. The maximum absolute atomic E-state index is 13.2. The van der Waals surface area contributed by atoms with E-state index < -0.39 is 11.9 Å². The second-order valence-electron chi connectivity index (χ2n) is 4.24. The average Bonchev–Trinajstić information content (AvgIpc) is 2.38. The Kier molecular flexibility index (Phi) is 6.11. The molecule has 0 aromatic heterocycles. The Morgan fingerprint density at radius 3 is 2.70 bits per heavy atom. The number of Topliss-reactive ketones (excluding diaryl/α,β-unsaturated/α-hetero) is 1. The summed E-state index contributed by atoms with van der Waals surface area (Å²) < 4.78 is 23.4. The molecule has 0 saturated heterocycles. The third-order valence-corrected chi connectivity index (χ3v) is 2.60. The zero-order chi connectivity index (χ0) is 15.1. The van der Waals surface area contributed by atoms with Crippen molar-refractivity contribution in [2.24, 2.45) is 0 Å². The molecule has 20 heavy (non-hydrogen) atoms. The molecule has 1 N–H and O–H groups in total. The molecule has 1 aromatic rings. The van der Waals surface area contributed by atoms with E-state index >= 15 is 0 Å². The summed E-state index contributed by atoms with van der Waals surface area (Å²) in [7, 11) is 1.53. The van der Waals surface area contributed by atoms with Gasteiger partial charge < -0.3 is 14.8 Å². The maximum atomic E-state index is 13.2. The van der Waals surface area contributed by atoms with Crippen molar-refractivity contribution in [3.63, 3.8) is 0 Å². The van der Waals surface area contributed by atoms with Crippen LogP contribution < -0.4 is 10.1 Å². The Labute approximate surface area is 117 Å². The molecule has 0 fully saturated rings. The average molecular weight is 283 g/mol. The number of benzene rings is 1. The monoisotopic (exact) mass is 283 g/mol. The molecule has 6 heteroatoms. The highest BCUT2D eigenvalue weighted by Gasteiger charge is 2.18. The van der Waals surface area contributed by atoms with Gasteiger partial charge in [-0.05, 0) is 26.0 Å². The van der Waals surface area contributed by atoms with Crippen molar-refractivity contribution in [1.29, 1.82) is 0 Å². The van der Waals surface area contributed by atoms with E-state index in [0.717, 1.165) is 6.07 Å². The molecule has 1 rings (SSSR count). The van der Waals surface area contributed by atoms with Gasteiger partial charge in [-0.1, -0.05) is 0 Å². The molecule has 1 unspecified atom stereocenters. The first kappa shape index (κ1) is 16.1. The summed E-state index contributed by atoms with van der Waals surface area (Å²) in [5, 5.41) is 2.60. The second-order valence-corrected chi connectivity index (χ2v) is 4.24. The molecular formula is C14H18FNO4. The molecular weight excluding hydrogens is 265 g/mol. The van der Waals surface area contributed by atoms with Gasteiger partial charge >= 0.3 is 0 Å². The van der Waals surface area contributed by atoms with Crippen molar-refractivity contribution in [2.75, 3.05) is 20.3 Å². The second kappa shape index (κ2) is 7.59. The largest absolute Gasteiger partial charge is 0.480 e. The van der Waals surface area contributed by atoms with E-state index in [0.29, 0.717) is 13.2 Å². The van der Waals surface area contributed by atoms with Crippen LogP contribution in [-0.2, 0) is 9.53 Å². The van der Waals surface area contributed by atoms with Crippen molar-refractivity contribution in [3.8, 4) is 5.75 Å². The first-order valence-corrected chi connectivity index (χ1v) is 6.19. The Bertz CT molecular complexity index is 490. The van der Waals surface area contributed by atoms with Crippen molar-refractivity contribution >= 4 is 11.7 Å². The van der Waals surface area contributed by atoms with Gasteiger partial charge in [-0.2, -0.15) is 0 Å². The van der Waals surface area contributed by atoms with Crippen LogP contribution in [0.2, 0.25) is 0 Å². The summed E-state index contributed by atoms with van der Waals surface area (Å²) in [6.45, 7) is 3.61. The molecule has 1 atom stereocenters. The van der Waals surface area contributed by atoms with E-state index in [2.05, 4.69) is 5.32 Å². The van der Waals surface area contributed by atoms with Crippen molar-refractivity contribution in [2.45, 2.75) is 20.0 Å². The highest BCUT2D eigenvalue weighted by atomic mass is 19.1. The lowest BCUT2D eigenvalue weighted by Gasteiger charge is -2.16. The van der Waals surface area contributed by atoms with Gasteiger partial charge in [0.05, 0.1) is 12.2 Å². The van der Waals surface area contributed by atoms with Gasteiger partial charge in [-0.15, -0.1) is 0 Å². The lowest BCUT2D eigenvalue weighted by molar-refractivity contribution is -0.127. The predicted octanol–water partition coefficient (Wildman–Crippen LogP) is 1.56. The van der Waals surface area contributed by atoms with Crippen LogP contribution in [-0.4, -0.2) is 38.1 Å². The van der Waals surface area contributed by atoms with E-state index in [-0.39, 0.29) is 23.0 Å². The quantitative estimate of drug-likeness (QED) is 0.609. The topological polar surface area (TPSA) is 64.6 Å². The van der Waals surface area contributed by atoms with Crippen LogP contribution >= 0.6 is 0 Å². The molecule has 0 heterocycles. The van der Waals surface area contributed by atoms with Gasteiger partial charge in [0.25, 0.3) is 5.91 Å². The summed E-state index contributed by atoms with van der Waals surface area (Å²) in [4.78, 5) is 23.1. The molecule has 0 aliphatic carbocycles. The predicted molar refractivity (Wildman–Crippen MR) is 71.4 cm³/mol. The standard InChI is InChI=1S/C14H18FNO4/c1-9(17)12-5-4-11(15)8-13(12)20-10(2)14(18)16-6-7-19-3/h4-5,8,10H,6-7H2,1-3H3,(H,16,18). The van der Waals surface area contributed by atoms with Crippen LogP contribution in [0.5, 0.6) is 5.75 Å². The fourth-order valence-corrected chi connectivity index (χ4v) is 1.55. The Morgan fingerprint density at radius 1 is 1.40 bits per heavy atom. The van der Waals surface area contributed by atoms with Gasteiger partial charge in [-0.25, -0.2) is 4.39 Å². The summed E-state index contributed by atoms with van der Waals surface area (Å²) in [5.41, 5.74) is 0.239. The van der Waals surface area contributed by atoms with Crippen molar-refractivity contribution < 1.29 is 23.5 Å². The normalized spacial score (nSPS) is 11.8. The number of carbonyl (C=O) groups is 2. The van der Waals surface area contributed by atoms with Crippen LogP contribution in [0.25, 0.3) is 0 Å². The van der Waals surface area contributed by atoms with Crippen LogP contribution in [0.3, 0.4) is 0 Å². The number of methoxy groups -OCH3 is 1. The van der Waals surface area contributed by atoms with Gasteiger partial charge in [0.2, 0.25) is 0 Å². The number of halogens is 1. The lowest BCUT2D eigenvalue weighted by atomic mass is 10.1. The summed E-state index contributed by atoms with van der Waals surface area (Å²) in [6.07, 6.45) is -0.841. The molecule has 0 bridgehead atoms. The smallest absolute Gasteiger partial charge is 0.260 e. The number of rotatable bonds is 7. The maximum Gasteiger partial charge on any atom is 0.260 e. The third kappa shape index (κ3) is 4.62. The number of carbonyl (C=O) groups excluding carboxylic acids is 2. The van der Waals surface area contributed by atoms with Crippen molar-refractivity contribution in [1.82, 2.24) is 5.32 Å². The van der Waals surface area contributed by atoms with E-state index in [1.807, 2.05) is 0 Å². The van der Waals surface area contributed by atoms with Gasteiger partial charge in [0, 0.05) is 19.7 Å². The fourth-order valence-electron chi connectivity index (χ4n) is 1.55. The summed E-state index contributed by atoms with van der Waals surface area (Å²) in [5.74, 6) is -1.09. The summed E-state index contributed by atoms with van der Waals surface area (Å²) in [6, 6.07) is 3.60. The Balaban J connectivity index is 2.74.